The van der Waals surface area contributed by atoms with Gasteiger partial charge in [-0.15, -0.1) is 0 Å². The third kappa shape index (κ3) is 7.36. The lowest BCUT2D eigenvalue weighted by Crippen LogP contribution is -2.65. The molecule has 4 unspecified atom stereocenters. The molecule has 2 aliphatic carbocycles. The zero-order chi connectivity index (χ0) is 57.4. The fourth-order valence-corrected chi connectivity index (χ4v) is 17.4. The van der Waals surface area contributed by atoms with Crippen LogP contribution in [0, 0.1) is 0 Å². The Kier molecular flexibility index (Phi) is 11.3. The first-order chi connectivity index (χ1) is 39.6. The van der Waals surface area contributed by atoms with Crippen LogP contribution in [0.5, 0.6) is 0 Å². The van der Waals surface area contributed by atoms with E-state index >= 15 is 0 Å². The summed E-state index contributed by atoms with van der Waals surface area (Å²) >= 11 is 0. The average molecular weight is 1080 g/mol. The maximum atomic E-state index is 3.00. The molecule has 0 bridgehead atoms. The second kappa shape index (κ2) is 17.9. The Morgan fingerprint density at radius 2 is 0.988 bits per heavy atom. The highest BCUT2D eigenvalue weighted by molar-refractivity contribution is 7.00. The van der Waals surface area contributed by atoms with E-state index < -0.39 is 0 Å². The molecule has 0 radical (unpaired) electrons. The van der Waals surface area contributed by atoms with Crippen molar-refractivity contribution in [1.82, 2.24) is 0 Å². The number of nitrogens with zero attached hydrogens (tertiary/aromatic N) is 3. The van der Waals surface area contributed by atoms with Crippen LogP contribution in [0.1, 0.15) is 168 Å². The molecule has 9 aromatic carbocycles. The third-order valence-corrected chi connectivity index (χ3v) is 22.1. The molecule has 15 rings (SSSR count). The first-order valence-corrected chi connectivity index (χ1v) is 31.5. The largest absolute Gasteiger partial charge is 0.335 e. The van der Waals surface area contributed by atoms with Crippen LogP contribution in [-0.4, -0.2) is 17.8 Å². The van der Waals surface area contributed by atoms with Crippen molar-refractivity contribution in [2.75, 3.05) is 14.7 Å². The van der Waals surface area contributed by atoms with Gasteiger partial charge in [0.2, 0.25) is 0 Å². The highest BCUT2D eigenvalue weighted by Gasteiger charge is 2.65. The van der Waals surface area contributed by atoms with Crippen molar-refractivity contribution in [1.29, 1.82) is 0 Å². The van der Waals surface area contributed by atoms with E-state index in [4.69, 9.17) is 0 Å². The highest BCUT2D eigenvalue weighted by atomic mass is 15.3. The van der Waals surface area contributed by atoms with E-state index in [-0.39, 0.29) is 44.9 Å². The molecular formula is C79H82BN3. The van der Waals surface area contributed by atoms with Crippen LogP contribution in [-0.2, 0) is 27.1 Å². The second-order valence-electron chi connectivity index (χ2n) is 29.8. The van der Waals surface area contributed by atoms with E-state index in [2.05, 4.69) is 280 Å². The van der Waals surface area contributed by atoms with Crippen molar-refractivity contribution in [2.45, 2.75) is 173 Å². The van der Waals surface area contributed by atoms with E-state index in [1.807, 2.05) is 0 Å². The average Bonchev–Trinajstić information content (AvgIpc) is 1.57. The summed E-state index contributed by atoms with van der Waals surface area (Å²) in [6.07, 6.45) is 9.34. The summed E-state index contributed by atoms with van der Waals surface area (Å²) in [5.74, 6) is 0. The van der Waals surface area contributed by atoms with Gasteiger partial charge >= 0.3 is 0 Å². The smallest absolute Gasteiger partial charge is 0.252 e. The molecule has 83 heavy (non-hydrogen) atoms. The summed E-state index contributed by atoms with van der Waals surface area (Å²) in [5.41, 5.74) is 26.3. The lowest BCUT2D eigenvalue weighted by molar-refractivity contribution is 0.195. The van der Waals surface area contributed by atoms with Crippen molar-refractivity contribution in [3.8, 4) is 22.3 Å². The molecule has 6 aliphatic rings. The summed E-state index contributed by atoms with van der Waals surface area (Å²) in [5, 5.41) is 2.52. The standard InChI is InChI=1S/C79H82BN3/c1-73(2,3)57-34-37-66(61(45-57)55-32-31-52-27-19-20-28-53(52)43-55)81-68-38-35-58(74(4,5)6)47-64(68)80-65-48-59(75(7,8)9)46-63-72(65)83(78(12)41-23-24-42-79(63,78)56-29-17-14-18-30-56)70-50-60(49-69(81)71(70)80)82-67-36-33-54(51-25-15-13-16-26-51)44-62(67)76(10)39-21-22-40-77(76,82)11/h13-20,25-38,43-50H,21-24,39-42H2,1-12H3. The van der Waals surface area contributed by atoms with Gasteiger partial charge in [-0.2, -0.15) is 0 Å². The third-order valence-electron chi connectivity index (χ3n) is 22.1. The van der Waals surface area contributed by atoms with E-state index in [0.29, 0.717) is 0 Å². The molecule has 9 aromatic rings. The molecule has 0 spiro atoms. The molecular weight excluding hydrogens is 1000 g/mol. The fraction of sp³-hybridized carbons (Fsp3) is 0.342. The lowest BCUT2D eigenvalue weighted by atomic mass is 9.33. The van der Waals surface area contributed by atoms with Gasteiger partial charge in [-0.25, -0.2) is 0 Å². The van der Waals surface area contributed by atoms with Gasteiger partial charge in [0, 0.05) is 50.5 Å². The van der Waals surface area contributed by atoms with Crippen LogP contribution in [0.4, 0.5) is 39.8 Å². The molecule has 2 fully saturated rings. The van der Waals surface area contributed by atoms with Gasteiger partial charge in [0.15, 0.2) is 0 Å². The fourth-order valence-electron chi connectivity index (χ4n) is 17.4. The summed E-state index contributed by atoms with van der Waals surface area (Å²) in [7, 11) is 0. The van der Waals surface area contributed by atoms with Crippen LogP contribution < -0.4 is 31.1 Å². The molecule has 0 aromatic heterocycles. The SMILES string of the molecule is CC(C)(C)c1ccc2c(c1)B1c3cc(C(C)(C)C)cc4c3N(c3cc(N5c6ccc(-c7ccccc7)cc6C6(C)CCCCC56C)cc(c31)N2c1ccc(C(C)(C)C)cc1-c1ccc2ccccc2c1)C1(C)CCCCC41c1ccccc1. The topological polar surface area (TPSA) is 9.72 Å². The van der Waals surface area contributed by atoms with E-state index in [1.54, 1.807) is 0 Å². The molecule has 4 atom stereocenters. The van der Waals surface area contributed by atoms with E-state index in [1.165, 1.54) is 148 Å². The van der Waals surface area contributed by atoms with Crippen LogP contribution in [0.2, 0.25) is 0 Å². The van der Waals surface area contributed by atoms with E-state index in [0.717, 1.165) is 25.7 Å². The van der Waals surface area contributed by atoms with Gasteiger partial charge in [0.05, 0.1) is 16.8 Å². The van der Waals surface area contributed by atoms with Crippen molar-refractivity contribution < 1.29 is 0 Å². The normalized spacial score (nSPS) is 23.1. The van der Waals surface area contributed by atoms with Crippen LogP contribution in [0.25, 0.3) is 33.0 Å². The molecule has 0 N–H and O–H groups in total. The Morgan fingerprint density at radius 3 is 1.71 bits per heavy atom. The lowest BCUT2D eigenvalue weighted by Gasteiger charge is -2.54. The molecule has 0 saturated heterocycles. The van der Waals surface area contributed by atoms with Gasteiger partial charge in [-0.3, -0.25) is 0 Å². The molecule has 4 heterocycles. The zero-order valence-electron chi connectivity index (χ0n) is 51.4. The second-order valence-corrected chi connectivity index (χ2v) is 29.8. The van der Waals surface area contributed by atoms with Crippen LogP contribution >= 0.6 is 0 Å². The van der Waals surface area contributed by atoms with Gasteiger partial charge in [-0.05, 0) is 182 Å². The number of rotatable bonds is 5. The summed E-state index contributed by atoms with van der Waals surface area (Å²) in [6, 6.07) is 72.4. The summed E-state index contributed by atoms with van der Waals surface area (Å²) in [4.78, 5) is 8.64. The van der Waals surface area contributed by atoms with Crippen molar-refractivity contribution >= 4 is 73.7 Å². The summed E-state index contributed by atoms with van der Waals surface area (Å²) < 4.78 is 0. The highest BCUT2D eigenvalue weighted by Crippen LogP contribution is 2.67. The molecule has 0 amide bonds. The number of hydrogen-bond acceptors (Lipinski definition) is 3. The minimum atomic E-state index is -0.267. The Labute approximate surface area is 495 Å². The Hall–Kier alpha value is -7.30. The predicted molar refractivity (Wildman–Crippen MR) is 356 cm³/mol. The summed E-state index contributed by atoms with van der Waals surface area (Å²) in [6.45, 7) is 29.5. The maximum absolute atomic E-state index is 3.00. The van der Waals surface area contributed by atoms with Crippen molar-refractivity contribution in [2.24, 2.45) is 0 Å². The molecule has 2 saturated carbocycles. The van der Waals surface area contributed by atoms with Gasteiger partial charge < -0.3 is 14.7 Å². The molecule has 3 nitrogen and oxygen atoms in total. The van der Waals surface area contributed by atoms with Crippen molar-refractivity contribution in [3.63, 3.8) is 0 Å². The van der Waals surface area contributed by atoms with Crippen molar-refractivity contribution in [3.05, 3.63) is 215 Å². The minimum absolute atomic E-state index is 0.0146. The zero-order valence-corrected chi connectivity index (χ0v) is 51.4. The Bertz CT molecular complexity index is 4140. The number of anilines is 7. The quantitative estimate of drug-likeness (QED) is 0.159. The Balaban J connectivity index is 1.10. The molecule has 4 heteroatoms. The van der Waals surface area contributed by atoms with E-state index in [9.17, 15) is 0 Å². The van der Waals surface area contributed by atoms with Crippen LogP contribution in [0.3, 0.4) is 0 Å². The van der Waals surface area contributed by atoms with Crippen LogP contribution in [0.15, 0.2) is 182 Å². The van der Waals surface area contributed by atoms with Gasteiger partial charge in [0.25, 0.3) is 6.71 Å². The number of fused-ring (bicyclic) bond motifs is 11. The first kappa shape index (κ1) is 52.5. The van der Waals surface area contributed by atoms with Gasteiger partial charge in [-0.1, -0.05) is 228 Å². The number of benzene rings is 9. The number of hydrogen-bond donors (Lipinski definition) is 0. The Morgan fingerprint density at radius 1 is 0.398 bits per heavy atom. The monoisotopic (exact) mass is 1080 g/mol. The minimum Gasteiger partial charge on any atom is -0.335 e. The maximum Gasteiger partial charge on any atom is 0.252 e. The molecule has 4 aliphatic heterocycles. The van der Waals surface area contributed by atoms with Gasteiger partial charge in [0.1, 0.15) is 0 Å². The predicted octanol–water partition coefficient (Wildman–Crippen LogP) is 19.2. The molecule has 416 valence electrons. The first-order valence-electron chi connectivity index (χ1n) is 31.5.